The van der Waals surface area contributed by atoms with E-state index >= 15 is 0 Å². The van der Waals surface area contributed by atoms with Crippen LogP contribution in [0.5, 0.6) is 0 Å². The lowest BCUT2D eigenvalue weighted by Gasteiger charge is -1.92. The summed E-state index contributed by atoms with van der Waals surface area (Å²) < 4.78 is 0.670. The minimum absolute atomic E-state index is 0.670. The largest absolute Gasteiger partial charge is 0.267 e. The molecule has 3 heteroatoms. The fourth-order valence-corrected chi connectivity index (χ4v) is 1.17. The average molecular weight is 162 g/mol. The third-order valence-electron chi connectivity index (χ3n) is 1.51. The van der Waals surface area contributed by atoms with Crippen LogP contribution in [-0.2, 0) is 0 Å². The number of H-pyrrole nitrogens is 1. The minimum atomic E-state index is 0.670. The molecule has 0 atom stereocenters. The predicted octanol–water partition coefficient (Wildman–Crippen LogP) is 2.29. The molecule has 2 aromatic rings. The highest BCUT2D eigenvalue weighted by Gasteiger charge is 1.89. The monoisotopic (exact) mass is 162 g/mol. The van der Waals surface area contributed by atoms with Crippen molar-refractivity contribution in [3.8, 4) is 0 Å². The van der Waals surface area contributed by atoms with Crippen LogP contribution in [0.1, 0.15) is 0 Å². The van der Waals surface area contributed by atoms with E-state index in [1.165, 1.54) is 0 Å². The second kappa shape index (κ2) is 2.43. The fourth-order valence-electron chi connectivity index (χ4n) is 1.00. The number of benzene rings is 1. The van der Waals surface area contributed by atoms with E-state index in [9.17, 15) is 0 Å². The van der Waals surface area contributed by atoms with Crippen molar-refractivity contribution in [2.75, 3.05) is 0 Å². The molecule has 0 amide bonds. The third-order valence-corrected chi connectivity index (χ3v) is 1.72. The quantitative estimate of drug-likeness (QED) is 0.602. The van der Waals surface area contributed by atoms with Gasteiger partial charge < -0.3 is 0 Å². The summed E-state index contributed by atoms with van der Waals surface area (Å²) in [4.78, 5) is 0. The SMILES string of the molecule is S=c1cc2ccccc2n[nH]1. The van der Waals surface area contributed by atoms with Gasteiger partial charge in [-0.1, -0.05) is 30.4 Å². The smallest absolute Gasteiger partial charge is 0.120 e. The fraction of sp³-hybridized carbons (Fsp3) is 0. The Hall–Kier alpha value is -1.22. The molecule has 0 aliphatic rings. The number of nitrogens with zero attached hydrogens (tertiary/aromatic N) is 1. The maximum atomic E-state index is 4.92. The first kappa shape index (κ1) is 6.49. The number of fused-ring (bicyclic) bond motifs is 1. The van der Waals surface area contributed by atoms with Crippen molar-refractivity contribution in [1.29, 1.82) is 0 Å². The molecule has 1 heterocycles. The van der Waals surface area contributed by atoms with Crippen LogP contribution in [0.3, 0.4) is 0 Å². The lowest BCUT2D eigenvalue weighted by Crippen LogP contribution is -1.82. The van der Waals surface area contributed by atoms with Gasteiger partial charge in [0.2, 0.25) is 0 Å². The van der Waals surface area contributed by atoms with Gasteiger partial charge in [0.1, 0.15) is 4.64 Å². The Labute approximate surface area is 68.9 Å². The molecule has 0 fully saturated rings. The van der Waals surface area contributed by atoms with Gasteiger partial charge in [0.25, 0.3) is 0 Å². The van der Waals surface area contributed by atoms with Crippen molar-refractivity contribution in [2.24, 2.45) is 0 Å². The molecule has 0 spiro atoms. The van der Waals surface area contributed by atoms with Crippen LogP contribution < -0.4 is 0 Å². The number of hydrogen-bond donors (Lipinski definition) is 1. The third kappa shape index (κ3) is 1.14. The van der Waals surface area contributed by atoms with E-state index in [0.29, 0.717) is 4.64 Å². The highest BCUT2D eigenvalue weighted by molar-refractivity contribution is 7.71. The van der Waals surface area contributed by atoms with Crippen LogP contribution in [0.2, 0.25) is 0 Å². The summed E-state index contributed by atoms with van der Waals surface area (Å²) in [6.07, 6.45) is 0. The molecule has 0 saturated carbocycles. The Balaban J connectivity index is 2.94. The Morgan fingerprint density at radius 1 is 1.27 bits per heavy atom. The molecule has 1 aromatic carbocycles. The van der Waals surface area contributed by atoms with Crippen LogP contribution in [-0.4, -0.2) is 10.2 Å². The molecule has 11 heavy (non-hydrogen) atoms. The first-order valence-electron chi connectivity index (χ1n) is 3.31. The Morgan fingerprint density at radius 2 is 2.09 bits per heavy atom. The highest BCUT2D eigenvalue weighted by atomic mass is 32.1. The van der Waals surface area contributed by atoms with Gasteiger partial charge in [-0.2, -0.15) is 5.10 Å². The lowest BCUT2D eigenvalue weighted by atomic mass is 10.2. The van der Waals surface area contributed by atoms with Crippen molar-refractivity contribution in [1.82, 2.24) is 10.2 Å². The molecule has 1 aromatic heterocycles. The molecular formula is C8H6N2S. The molecule has 2 nitrogen and oxygen atoms in total. The first-order chi connectivity index (χ1) is 5.36. The molecule has 0 saturated heterocycles. The van der Waals surface area contributed by atoms with E-state index in [1.54, 1.807) is 0 Å². The Bertz CT molecular complexity index is 433. The maximum absolute atomic E-state index is 4.92. The number of aromatic nitrogens is 2. The zero-order chi connectivity index (χ0) is 7.68. The summed E-state index contributed by atoms with van der Waals surface area (Å²) in [7, 11) is 0. The zero-order valence-electron chi connectivity index (χ0n) is 5.74. The summed E-state index contributed by atoms with van der Waals surface area (Å²) in [5.41, 5.74) is 0.945. The van der Waals surface area contributed by atoms with Crippen molar-refractivity contribution in [3.05, 3.63) is 35.0 Å². The normalized spacial score (nSPS) is 10.2. The van der Waals surface area contributed by atoms with Gasteiger partial charge in [-0.05, 0) is 12.1 Å². The number of para-hydroxylation sites is 1. The standard InChI is InChI=1S/C8H6N2S/c11-8-5-6-3-1-2-4-7(6)9-10-8/h1-5H,(H,10,11). The molecular weight excluding hydrogens is 156 g/mol. The van der Waals surface area contributed by atoms with Crippen LogP contribution in [0.4, 0.5) is 0 Å². The van der Waals surface area contributed by atoms with E-state index < -0.39 is 0 Å². The summed E-state index contributed by atoms with van der Waals surface area (Å²) in [6.45, 7) is 0. The van der Waals surface area contributed by atoms with Gasteiger partial charge in [0.05, 0.1) is 5.52 Å². The number of rotatable bonds is 0. The number of nitrogens with one attached hydrogen (secondary N) is 1. The zero-order valence-corrected chi connectivity index (χ0v) is 6.56. The summed E-state index contributed by atoms with van der Waals surface area (Å²) >= 11 is 4.92. The molecule has 1 N–H and O–H groups in total. The van der Waals surface area contributed by atoms with Crippen molar-refractivity contribution in [2.45, 2.75) is 0 Å². The molecule has 54 valence electrons. The van der Waals surface area contributed by atoms with Crippen LogP contribution in [0, 0.1) is 4.64 Å². The molecule has 0 radical (unpaired) electrons. The van der Waals surface area contributed by atoms with Crippen molar-refractivity contribution in [3.63, 3.8) is 0 Å². The van der Waals surface area contributed by atoms with Gasteiger partial charge >= 0.3 is 0 Å². The van der Waals surface area contributed by atoms with Crippen LogP contribution >= 0.6 is 12.2 Å². The lowest BCUT2D eigenvalue weighted by molar-refractivity contribution is 1.06. The van der Waals surface area contributed by atoms with Crippen LogP contribution in [0.25, 0.3) is 10.9 Å². The van der Waals surface area contributed by atoms with E-state index in [2.05, 4.69) is 10.2 Å². The first-order valence-corrected chi connectivity index (χ1v) is 3.71. The molecule has 0 bridgehead atoms. The summed E-state index contributed by atoms with van der Waals surface area (Å²) in [5, 5.41) is 7.87. The topological polar surface area (TPSA) is 28.7 Å². The summed E-state index contributed by atoms with van der Waals surface area (Å²) in [5.74, 6) is 0. The molecule has 0 aliphatic heterocycles. The predicted molar refractivity (Wildman–Crippen MR) is 46.9 cm³/mol. The van der Waals surface area contributed by atoms with E-state index in [4.69, 9.17) is 12.2 Å². The van der Waals surface area contributed by atoms with Crippen LogP contribution in [0.15, 0.2) is 30.3 Å². The van der Waals surface area contributed by atoms with Crippen molar-refractivity contribution >= 4 is 23.1 Å². The second-order valence-corrected chi connectivity index (χ2v) is 2.73. The van der Waals surface area contributed by atoms with E-state index in [-0.39, 0.29) is 0 Å². The molecule has 0 aliphatic carbocycles. The van der Waals surface area contributed by atoms with Gasteiger partial charge in [-0.25, -0.2) is 0 Å². The van der Waals surface area contributed by atoms with Gasteiger partial charge in [0, 0.05) is 5.39 Å². The minimum Gasteiger partial charge on any atom is -0.267 e. The second-order valence-electron chi connectivity index (χ2n) is 2.29. The van der Waals surface area contributed by atoms with Gasteiger partial charge in [-0.15, -0.1) is 0 Å². The summed E-state index contributed by atoms with van der Waals surface area (Å²) in [6, 6.07) is 9.76. The van der Waals surface area contributed by atoms with Gasteiger partial charge in [0.15, 0.2) is 0 Å². The molecule has 0 unspecified atom stereocenters. The average Bonchev–Trinajstić information content (AvgIpc) is 2.04. The Morgan fingerprint density at radius 3 is 3.00 bits per heavy atom. The highest BCUT2D eigenvalue weighted by Crippen LogP contribution is 2.07. The maximum Gasteiger partial charge on any atom is 0.120 e. The number of hydrogen-bond acceptors (Lipinski definition) is 2. The van der Waals surface area contributed by atoms with Crippen molar-refractivity contribution < 1.29 is 0 Å². The van der Waals surface area contributed by atoms with Gasteiger partial charge in [-0.3, -0.25) is 5.10 Å². The van der Waals surface area contributed by atoms with E-state index in [1.807, 2.05) is 30.3 Å². The van der Waals surface area contributed by atoms with E-state index in [0.717, 1.165) is 10.9 Å². The number of aromatic amines is 1. The molecule has 2 rings (SSSR count). The Kier molecular flexibility index (Phi) is 1.43.